The maximum absolute atomic E-state index is 6.50. The van der Waals surface area contributed by atoms with Crippen LogP contribution < -0.4 is 5.32 Å². The van der Waals surface area contributed by atoms with Gasteiger partial charge in [-0.05, 0) is 42.3 Å². The van der Waals surface area contributed by atoms with Crippen molar-refractivity contribution in [2.24, 2.45) is 0 Å². The quantitative estimate of drug-likeness (QED) is 0.816. The fourth-order valence-electron chi connectivity index (χ4n) is 3.09. The van der Waals surface area contributed by atoms with E-state index in [2.05, 4.69) is 16.3 Å². The minimum absolute atomic E-state index is 0.0818. The summed E-state index contributed by atoms with van der Waals surface area (Å²) in [5.41, 5.74) is 2.23. The van der Waals surface area contributed by atoms with Crippen LogP contribution in [0.3, 0.4) is 0 Å². The highest BCUT2D eigenvalue weighted by molar-refractivity contribution is 6.42. The molecule has 1 atom stereocenters. The van der Waals surface area contributed by atoms with E-state index in [-0.39, 0.29) is 6.04 Å². The van der Waals surface area contributed by atoms with E-state index in [9.17, 15) is 0 Å². The summed E-state index contributed by atoms with van der Waals surface area (Å²) in [5.74, 6) is 0. The molecule has 0 aliphatic carbocycles. The summed E-state index contributed by atoms with van der Waals surface area (Å²) in [5, 5.41) is 5.38. The Morgan fingerprint density at radius 1 is 0.870 bits per heavy atom. The molecule has 0 amide bonds. The maximum Gasteiger partial charge on any atom is 0.0617 e. The monoisotopic (exact) mass is 368 g/mol. The van der Waals surface area contributed by atoms with Crippen molar-refractivity contribution >= 4 is 34.8 Å². The molecule has 2 aromatic carbocycles. The average Bonchev–Trinajstić information content (AvgIpc) is 2.82. The summed E-state index contributed by atoms with van der Waals surface area (Å²) in [7, 11) is 0. The zero-order valence-corrected chi connectivity index (χ0v) is 15.0. The van der Waals surface area contributed by atoms with Gasteiger partial charge in [-0.3, -0.25) is 4.90 Å². The highest BCUT2D eigenvalue weighted by Gasteiger charge is 2.25. The molecule has 2 nitrogen and oxygen atoms in total. The first kappa shape index (κ1) is 17.1. The van der Waals surface area contributed by atoms with Crippen LogP contribution in [0.25, 0.3) is 0 Å². The van der Waals surface area contributed by atoms with Crippen LogP contribution in [0.4, 0.5) is 0 Å². The molecule has 5 heteroatoms. The van der Waals surface area contributed by atoms with Gasteiger partial charge in [0, 0.05) is 24.7 Å². The highest BCUT2D eigenvalue weighted by Crippen LogP contribution is 2.36. The molecule has 1 unspecified atom stereocenters. The number of hydrogen-bond acceptors (Lipinski definition) is 2. The Hall–Kier alpha value is -0.770. The van der Waals surface area contributed by atoms with Gasteiger partial charge in [-0.15, -0.1) is 0 Å². The first-order chi connectivity index (χ1) is 11.2. The number of rotatable bonds is 3. The molecule has 23 heavy (non-hydrogen) atoms. The van der Waals surface area contributed by atoms with Crippen LogP contribution in [-0.2, 0) is 0 Å². The second-order valence-corrected chi connectivity index (χ2v) is 6.96. The third-order valence-electron chi connectivity index (χ3n) is 4.20. The highest BCUT2D eigenvalue weighted by atomic mass is 35.5. The molecule has 0 aromatic heterocycles. The summed E-state index contributed by atoms with van der Waals surface area (Å²) < 4.78 is 0. The van der Waals surface area contributed by atoms with Gasteiger partial charge in [0.2, 0.25) is 0 Å². The van der Waals surface area contributed by atoms with Crippen molar-refractivity contribution in [1.29, 1.82) is 0 Å². The van der Waals surface area contributed by atoms with Gasteiger partial charge >= 0.3 is 0 Å². The summed E-state index contributed by atoms with van der Waals surface area (Å²) in [6.45, 7) is 4.01. The predicted octanol–water partition coefficient (Wildman–Crippen LogP) is 5.03. The van der Waals surface area contributed by atoms with E-state index in [0.29, 0.717) is 10.0 Å². The van der Waals surface area contributed by atoms with Crippen molar-refractivity contribution < 1.29 is 0 Å². The second-order valence-electron chi connectivity index (χ2n) is 5.74. The number of halogens is 3. The summed E-state index contributed by atoms with van der Waals surface area (Å²) in [6.07, 6.45) is 1.11. The van der Waals surface area contributed by atoms with Crippen LogP contribution in [0.5, 0.6) is 0 Å². The summed E-state index contributed by atoms with van der Waals surface area (Å²) >= 11 is 18.9. The van der Waals surface area contributed by atoms with E-state index >= 15 is 0 Å². The largest absolute Gasteiger partial charge is 0.315 e. The van der Waals surface area contributed by atoms with Crippen LogP contribution in [0, 0.1) is 0 Å². The van der Waals surface area contributed by atoms with Gasteiger partial charge in [0.25, 0.3) is 0 Å². The summed E-state index contributed by atoms with van der Waals surface area (Å²) in [6, 6.07) is 14.0. The lowest BCUT2D eigenvalue weighted by molar-refractivity contribution is 0.241. The number of hydrogen-bond donors (Lipinski definition) is 1. The molecule has 3 rings (SSSR count). The Morgan fingerprint density at radius 2 is 1.70 bits per heavy atom. The van der Waals surface area contributed by atoms with E-state index in [1.807, 2.05) is 36.4 Å². The lowest BCUT2D eigenvalue weighted by Gasteiger charge is -2.32. The van der Waals surface area contributed by atoms with Gasteiger partial charge < -0.3 is 5.32 Å². The van der Waals surface area contributed by atoms with E-state index < -0.39 is 0 Å². The third-order valence-corrected chi connectivity index (χ3v) is 5.28. The van der Waals surface area contributed by atoms with Crippen LogP contribution in [0.2, 0.25) is 15.1 Å². The Labute approximate surface area is 152 Å². The molecule has 1 aliphatic heterocycles. The van der Waals surface area contributed by atoms with Gasteiger partial charge in [-0.2, -0.15) is 0 Å². The number of nitrogens with zero attached hydrogens (tertiary/aromatic N) is 1. The fourth-order valence-corrected chi connectivity index (χ4v) is 3.64. The molecule has 0 radical (unpaired) electrons. The molecule has 1 N–H and O–H groups in total. The molecular weight excluding hydrogens is 351 g/mol. The van der Waals surface area contributed by atoms with Crippen LogP contribution in [0.1, 0.15) is 23.6 Å². The lowest BCUT2D eigenvalue weighted by atomic mass is 9.96. The molecule has 0 bridgehead atoms. The van der Waals surface area contributed by atoms with E-state index in [1.54, 1.807) is 0 Å². The van der Waals surface area contributed by atoms with Crippen molar-refractivity contribution in [2.45, 2.75) is 12.5 Å². The molecule has 0 saturated carbocycles. The fraction of sp³-hybridized carbons (Fsp3) is 0.333. The molecular formula is C18H19Cl3N2. The van der Waals surface area contributed by atoms with Crippen molar-refractivity contribution in [3.63, 3.8) is 0 Å². The Kier molecular flexibility index (Phi) is 5.84. The minimum atomic E-state index is 0.0818. The minimum Gasteiger partial charge on any atom is -0.315 e. The molecule has 1 heterocycles. The van der Waals surface area contributed by atoms with Crippen molar-refractivity contribution in [3.8, 4) is 0 Å². The van der Waals surface area contributed by atoms with Crippen LogP contribution in [-0.4, -0.2) is 31.1 Å². The normalized spacial score (nSPS) is 17.7. The first-order valence-electron chi connectivity index (χ1n) is 7.81. The zero-order chi connectivity index (χ0) is 16.2. The third kappa shape index (κ3) is 4.01. The van der Waals surface area contributed by atoms with Crippen molar-refractivity contribution in [2.75, 3.05) is 26.2 Å². The second kappa shape index (κ2) is 7.87. The van der Waals surface area contributed by atoms with E-state index in [1.165, 1.54) is 0 Å². The SMILES string of the molecule is Clc1ccc(C(c2ccccc2Cl)N2CCCNCC2)cc1Cl. The molecule has 0 spiro atoms. The standard InChI is InChI=1S/C18H19Cl3N2/c19-15-5-2-1-4-14(15)18(23-10-3-8-22-9-11-23)13-6-7-16(20)17(21)12-13/h1-2,4-7,12,18,22H,3,8-11H2. The molecule has 122 valence electrons. The van der Waals surface area contributed by atoms with Crippen LogP contribution in [0.15, 0.2) is 42.5 Å². The number of nitrogens with one attached hydrogen (secondary N) is 1. The van der Waals surface area contributed by atoms with Gasteiger partial charge in [-0.1, -0.05) is 59.1 Å². The Balaban J connectivity index is 2.05. The van der Waals surface area contributed by atoms with E-state index in [4.69, 9.17) is 34.8 Å². The molecule has 1 aliphatic rings. The molecule has 1 saturated heterocycles. The van der Waals surface area contributed by atoms with Crippen molar-refractivity contribution in [1.82, 2.24) is 10.2 Å². The van der Waals surface area contributed by atoms with Gasteiger partial charge in [0.05, 0.1) is 16.1 Å². The summed E-state index contributed by atoms with van der Waals surface area (Å²) in [4.78, 5) is 2.46. The smallest absolute Gasteiger partial charge is 0.0617 e. The Morgan fingerprint density at radius 3 is 2.48 bits per heavy atom. The lowest BCUT2D eigenvalue weighted by Crippen LogP contribution is -2.33. The zero-order valence-electron chi connectivity index (χ0n) is 12.7. The topological polar surface area (TPSA) is 15.3 Å². The molecule has 2 aromatic rings. The van der Waals surface area contributed by atoms with E-state index in [0.717, 1.165) is 48.7 Å². The molecule has 1 fully saturated rings. The predicted molar refractivity (Wildman–Crippen MR) is 98.8 cm³/mol. The first-order valence-corrected chi connectivity index (χ1v) is 8.94. The van der Waals surface area contributed by atoms with Gasteiger partial charge in [-0.25, -0.2) is 0 Å². The van der Waals surface area contributed by atoms with Crippen molar-refractivity contribution in [3.05, 3.63) is 68.7 Å². The van der Waals surface area contributed by atoms with Crippen LogP contribution >= 0.6 is 34.8 Å². The van der Waals surface area contributed by atoms with Gasteiger partial charge in [0.1, 0.15) is 0 Å². The van der Waals surface area contributed by atoms with Gasteiger partial charge in [0.15, 0.2) is 0 Å². The number of benzene rings is 2. The average molecular weight is 370 g/mol. The maximum atomic E-state index is 6.50. The Bertz CT molecular complexity index is 667.